The average molecular weight is 461 g/mol. The van der Waals surface area contributed by atoms with Crippen molar-refractivity contribution in [2.75, 3.05) is 26.2 Å². The van der Waals surface area contributed by atoms with Gasteiger partial charge in [0.15, 0.2) is 0 Å². The standard InChI is InChI=1S/C21H21ClN4O4S/c22-17-8-6-16(7-9-17)21-23-19(30-24-21)10-11-20(27)25-12-14-26(15-13-25)31(28,29)18-4-2-1-3-5-18/h1-9H,10-15H2. The summed E-state index contributed by atoms with van der Waals surface area (Å²) in [5, 5.41) is 4.56. The molecule has 0 N–H and O–H groups in total. The summed E-state index contributed by atoms with van der Waals surface area (Å²) in [5.41, 5.74) is 0.779. The third-order valence-corrected chi connectivity index (χ3v) is 7.26. The Kier molecular flexibility index (Phi) is 6.35. The predicted octanol–water partition coefficient (Wildman–Crippen LogP) is 2.86. The van der Waals surface area contributed by atoms with Gasteiger partial charge in [0.1, 0.15) is 0 Å². The molecule has 1 amide bonds. The molecule has 0 unspecified atom stereocenters. The van der Waals surface area contributed by atoms with E-state index in [0.717, 1.165) is 5.56 Å². The second kappa shape index (κ2) is 9.17. The Morgan fingerprint density at radius 2 is 1.68 bits per heavy atom. The fourth-order valence-corrected chi connectivity index (χ4v) is 4.93. The zero-order valence-electron chi connectivity index (χ0n) is 16.6. The lowest BCUT2D eigenvalue weighted by Gasteiger charge is -2.34. The fourth-order valence-electron chi connectivity index (χ4n) is 3.36. The Labute approximate surface area is 185 Å². The number of hydrogen-bond donors (Lipinski definition) is 0. The number of hydrogen-bond acceptors (Lipinski definition) is 6. The van der Waals surface area contributed by atoms with Crippen molar-refractivity contribution in [3.05, 3.63) is 65.5 Å². The van der Waals surface area contributed by atoms with Crippen LogP contribution in [-0.2, 0) is 21.2 Å². The summed E-state index contributed by atoms with van der Waals surface area (Å²) >= 11 is 5.89. The first-order valence-corrected chi connectivity index (χ1v) is 11.7. The van der Waals surface area contributed by atoms with Crippen LogP contribution in [0.2, 0.25) is 5.02 Å². The number of carbonyl (C=O) groups is 1. The summed E-state index contributed by atoms with van der Waals surface area (Å²) in [5.74, 6) is 0.755. The van der Waals surface area contributed by atoms with Crippen LogP contribution in [0, 0.1) is 0 Å². The van der Waals surface area contributed by atoms with Gasteiger partial charge in [0.25, 0.3) is 0 Å². The van der Waals surface area contributed by atoms with E-state index in [1.54, 1.807) is 59.5 Å². The molecule has 0 spiro atoms. The smallest absolute Gasteiger partial charge is 0.243 e. The molecule has 0 aliphatic carbocycles. The van der Waals surface area contributed by atoms with E-state index in [9.17, 15) is 13.2 Å². The monoisotopic (exact) mass is 460 g/mol. The number of aromatic nitrogens is 2. The molecule has 0 saturated carbocycles. The number of halogens is 1. The highest BCUT2D eigenvalue weighted by atomic mass is 35.5. The lowest BCUT2D eigenvalue weighted by Crippen LogP contribution is -2.50. The van der Waals surface area contributed by atoms with Crippen molar-refractivity contribution >= 4 is 27.5 Å². The van der Waals surface area contributed by atoms with Gasteiger partial charge >= 0.3 is 0 Å². The molecule has 10 heteroatoms. The Morgan fingerprint density at radius 3 is 2.35 bits per heavy atom. The molecule has 0 radical (unpaired) electrons. The summed E-state index contributed by atoms with van der Waals surface area (Å²) < 4.78 is 32.1. The van der Waals surface area contributed by atoms with E-state index >= 15 is 0 Å². The SMILES string of the molecule is O=C(CCc1nc(-c2ccc(Cl)cc2)no1)N1CCN(S(=O)(=O)c2ccccc2)CC1. The summed E-state index contributed by atoms with van der Waals surface area (Å²) in [4.78, 5) is 18.8. The Balaban J connectivity index is 1.29. The molecule has 162 valence electrons. The van der Waals surface area contributed by atoms with Gasteiger partial charge in [-0.05, 0) is 36.4 Å². The third-order valence-electron chi connectivity index (χ3n) is 5.10. The number of aryl methyl sites for hydroxylation is 1. The van der Waals surface area contributed by atoms with E-state index in [-0.39, 0.29) is 30.3 Å². The van der Waals surface area contributed by atoms with Crippen LogP contribution >= 0.6 is 11.6 Å². The van der Waals surface area contributed by atoms with Crippen LogP contribution < -0.4 is 0 Å². The molecule has 1 aliphatic rings. The first-order valence-electron chi connectivity index (χ1n) is 9.85. The van der Waals surface area contributed by atoms with Gasteiger partial charge in [-0.1, -0.05) is 35.0 Å². The van der Waals surface area contributed by atoms with Crippen molar-refractivity contribution in [1.29, 1.82) is 0 Å². The summed E-state index contributed by atoms with van der Waals surface area (Å²) in [6, 6.07) is 15.4. The van der Waals surface area contributed by atoms with Crippen LogP contribution in [0.25, 0.3) is 11.4 Å². The molecule has 1 saturated heterocycles. The van der Waals surface area contributed by atoms with Gasteiger partial charge in [-0.2, -0.15) is 9.29 Å². The van der Waals surface area contributed by atoms with Crippen LogP contribution in [0.5, 0.6) is 0 Å². The number of piperazine rings is 1. The Morgan fingerprint density at radius 1 is 1.00 bits per heavy atom. The second-order valence-corrected chi connectivity index (χ2v) is 9.49. The van der Waals surface area contributed by atoms with Crippen LogP contribution in [0.4, 0.5) is 0 Å². The number of carbonyl (C=O) groups excluding carboxylic acids is 1. The van der Waals surface area contributed by atoms with E-state index in [1.165, 1.54) is 4.31 Å². The van der Waals surface area contributed by atoms with Crippen LogP contribution in [0.15, 0.2) is 64.0 Å². The zero-order valence-corrected chi connectivity index (χ0v) is 18.2. The molecule has 8 nitrogen and oxygen atoms in total. The number of benzene rings is 2. The first-order chi connectivity index (χ1) is 14.9. The minimum absolute atomic E-state index is 0.0667. The second-order valence-electron chi connectivity index (χ2n) is 7.12. The maximum Gasteiger partial charge on any atom is 0.243 e. The van der Waals surface area contributed by atoms with Gasteiger partial charge in [-0.15, -0.1) is 0 Å². The van der Waals surface area contributed by atoms with Crippen molar-refractivity contribution in [1.82, 2.24) is 19.3 Å². The van der Waals surface area contributed by atoms with Crippen LogP contribution in [0.1, 0.15) is 12.3 Å². The maximum atomic E-state index is 12.7. The molecule has 4 rings (SSSR count). The summed E-state index contributed by atoms with van der Waals surface area (Å²) in [7, 11) is -3.54. The highest BCUT2D eigenvalue weighted by Gasteiger charge is 2.30. The minimum atomic E-state index is -3.54. The average Bonchev–Trinajstić information content (AvgIpc) is 3.28. The van der Waals surface area contributed by atoms with Gasteiger partial charge in [-0.25, -0.2) is 8.42 Å². The summed E-state index contributed by atoms with van der Waals surface area (Å²) in [6.07, 6.45) is 0.537. The largest absolute Gasteiger partial charge is 0.340 e. The third kappa shape index (κ3) is 4.95. The maximum absolute atomic E-state index is 12.7. The summed E-state index contributed by atoms with van der Waals surface area (Å²) in [6.45, 7) is 1.24. The van der Waals surface area contributed by atoms with Crippen molar-refractivity contribution in [3.63, 3.8) is 0 Å². The molecule has 0 atom stereocenters. The number of nitrogens with zero attached hydrogens (tertiary/aromatic N) is 4. The fraction of sp³-hybridized carbons (Fsp3) is 0.286. The molecular weight excluding hydrogens is 440 g/mol. The molecule has 0 bridgehead atoms. The predicted molar refractivity (Wildman–Crippen MR) is 115 cm³/mol. The molecule has 2 aromatic carbocycles. The van der Waals surface area contributed by atoms with E-state index in [1.807, 2.05) is 0 Å². The first kappa shape index (κ1) is 21.5. The molecule has 3 aromatic rings. The number of amides is 1. The van der Waals surface area contributed by atoms with Gasteiger partial charge in [0.2, 0.25) is 27.6 Å². The van der Waals surface area contributed by atoms with Crippen LogP contribution in [-0.4, -0.2) is 59.8 Å². The van der Waals surface area contributed by atoms with E-state index in [4.69, 9.17) is 16.1 Å². The van der Waals surface area contributed by atoms with E-state index in [0.29, 0.717) is 36.2 Å². The number of rotatable bonds is 6. The van der Waals surface area contributed by atoms with Gasteiger partial charge in [0, 0.05) is 49.6 Å². The van der Waals surface area contributed by atoms with Crippen LogP contribution in [0.3, 0.4) is 0 Å². The molecule has 2 heterocycles. The van der Waals surface area contributed by atoms with Crippen molar-refractivity contribution in [3.8, 4) is 11.4 Å². The minimum Gasteiger partial charge on any atom is -0.340 e. The normalized spacial score (nSPS) is 15.2. The zero-order chi connectivity index (χ0) is 21.8. The molecule has 1 aromatic heterocycles. The topological polar surface area (TPSA) is 96.6 Å². The van der Waals surface area contributed by atoms with Gasteiger partial charge in [-0.3, -0.25) is 4.79 Å². The van der Waals surface area contributed by atoms with Gasteiger partial charge in [0.05, 0.1) is 4.90 Å². The Hall–Kier alpha value is -2.75. The highest BCUT2D eigenvalue weighted by molar-refractivity contribution is 7.89. The highest BCUT2D eigenvalue weighted by Crippen LogP contribution is 2.20. The van der Waals surface area contributed by atoms with Crippen molar-refractivity contribution in [2.45, 2.75) is 17.7 Å². The lowest BCUT2D eigenvalue weighted by molar-refractivity contribution is -0.132. The van der Waals surface area contributed by atoms with E-state index in [2.05, 4.69) is 10.1 Å². The Bertz CT molecular complexity index is 1140. The number of sulfonamides is 1. The van der Waals surface area contributed by atoms with Crippen molar-refractivity contribution in [2.24, 2.45) is 0 Å². The van der Waals surface area contributed by atoms with E-state index < -0.39 is 10.0 Å². The van der Waals surface area contributed by atoms with Crippen molar-refractivity contribution < 1.29 is 17.7 Å². The molecule has 31 heavy (non-hydrogen) atoms. The molecule has 1 aliphatic heterocycles. The molecule has 1 fully saturated rings. The molecular formula is C21H21ClN4O4S. The lowest BCUT2D eigenvalue weighted by atomic mass is 10.2. The van der Waals surface area contributed by atoms with Gasteiger partial charge < -0.3 is 9.42 Å². The quantitative estimate of drug-likeness (QED) is 0.561.